The monoisotopic (exact) mass is 362 g/mol. The van der Waals surface area contributed by atoms with Crippen LogP contribution in [0.5, 0.6) is 0 Å². The van der Waals surface area contributed by atoms with Crippen LogP contribution in [-0.4, -0.2) is 35.3 Å². The molecule has 1 aromatic rings. The second-order valence-corrected chi connectivity index (χ2v) is 9.19. The van der Waals surface area contributed by atoms with Gasteiger partial charge in [0.2, 0.25) is 5.91 Å². The number of carbonyl (C=O) groups is 2. The van der Waals surface area contributed by atoms with Crippen LogP contribution >= 0.6 is 0 Å². The quantitative estimate of drug-likeness (QED) is 0.880. The van der Waals surface area contributed by atoms with Gasteiger partial charge in [-0.05, 0) is 56.7 Å². The molecule has 1 heterocycles. The number of rotatable bonds is 4. The van der Waals surface area contributed by atoms with Gasteiger partial charge in [-0.1, -0.05) is 26.8 Å². The second kappa shape index (κ2) is 7.77. The van der Waals surface area contributed by atoms with Gasteiger partial charge in [-0.15, -0.1) is 0 Å². The van der Waals surface area contributed by atoms with E-state index in [-0.39, 0.29) is 28.7 Å². The molecule has 1 saturated heterocycles. The minimum Gasteiger partial charge on any atom is -0.351 e. The SMILES string of the molecule is CC(C)(C)CC(C)(C)NC(=O)C1CCN(C(=O)c2cccc(F)c2)CC1. The van der Waals surface area contributed by atoms with Gasteiger partial charge in [-0.3, -0.25) is 9.59 Å². The van der Waals surface area contributed by atoms with E-state index in [1.807, 2.05) is 0 Å². The van der Waals surface area contributed by atoms with Crippen LogP contribution in [0.2, 0.25) is 0 Å². The predicted molar refractivity (Wildman–Crippen MR) is 101 cm³/mol. The van der Waals surface area contributed by atoms with Gasteiger partial charge >= 0.3 is 0 Å². The van der Waals surface area contributed by atoms with E-state index in [0.29, 0.717) is 31.5 Å². The maximum absolute atomic E-state index is 13.3. The molecule has 0 bridgehead atoms. The van der Waals surface area contributed by atoms with Gasteiger partial charge in [0.25, 0.3) is 5.91 Å². The lowest BCUT2D eigenvalue weighted by Gasteiger charge is -2.36. The lowest BCUT2D eigenvalue weighted by molar-refractivity contribution is -0.128. The molecule has 26 heavy (non-hydrogen) atoms. The van der Waals surface area contributed by atoms with Crippen molar-refractivity contribution in [2.75, 3.05) is 13.1 Å². The molecule has 0 aliphatic carbocycles. The summed E-state index contributed by atoms with van der Waals surface area (Å²) in [5.41, 5.74) is 0.237. The fraction of sp³-hybridized carbons (Fsp3) is 0.619. The van der Waals surface area contributed by atoms with Crippen molar-refractivity contribution in [3.63, 3.8) is 0 Å². The number of amides is 2. The Hall–Kier alpha value is -1.91. The first-order valence-corrected chi connectivity index (χ1v) is 9.34. The summed E-state index contributed by atoms with van der Waals surface area (Å²) in [6.07, 6.45) is 2.17. The topological polar surface area (TPSA) is 49.4 Å². The summed E-state index contributed by atoms with van der Waals surface area (Å²) >= 11 is 0. The molecule has 1 fully saturated rings. The number of nitrogens with one attached hydrogen (secondary N) is 1. The van der Waals surface area contributed by atoms with Gasteiger partial charge < -0.3 is 10.2 Å². The van der Waals surface area contributed by atoms with E-state index in [9.17, 15) is 14.0 Å². The van der Waals surface area contributed by atoms with Gasteiger partial charge in [-0.2, -0.15) is 0 Å². The number of halogens is 1. The Balaban J connectivity index is 1.89. The van der Waals surface area contributed by atoms with Crippen LogP contribution in [0.1, 0.15) is 64.2 Å². The summed E-state index contributed by atoms with van der Waals surface area (Å²) < 4.78 is 13.3. The summed E-state index contributed by atoms with van der Waals surface area (Å²) in [7, 11) is 0. The van der Waals surface area contributed by atoms with E-state index in [4.69, 9.17) is 0 Å². The minimum absolute atomic E-state index is 0.0668. The zero-order valence-corrected chi connectivity index (χ0v) is 16.6. The molecule has 0 aromatic heterocycles. The largest absolute Gasteiger partial charge is 0.351 e. The Kier molecular flexibility index (Phi) is 6.09. The third-order valence-electron chi connectivity index (χ3n) is 4.66. The van der Waals surface area contributed by atoms with E-state index >= 15 is 0 Å². The molecular weight excluding hydrogens is 331 g/mol. The van der Waals surface area contributed by atoms with Crippen LogP contribution in [0.4, 0.5) is 4.39 Å². The Morgan fingerprint density at radius 2 is 1.77 bits per heavy atom. The molecule has 2 rings (SSSR count). The molecule has 5 heteroatoms. The highest BCUT2D eigenvalue weighted by atomic mass is 19.1. The van der Waals surface area contributed by atoms with E-state index in [0.717, 1.165) is 6.42 Å². The van der Waals surface area contributed by atoms with Crippen LogP contribution in [0.25, 0.3) is 0 Å². The van der Waals surface area contributed by atoms with Crippen molar-refractivity contribution < 1.29 is 14.0 Å². The van der Waals surface area contributed by atoms with Gasteiger partial charge in [0.1, 0.15) is 5.82 Å². The molecule has 144 valence electrons. The highest BCUT2D eigenvalue weighted by molar-refractivity contribution is 5.94. The molecule has 0 spiro atoms. The first-order chi connectivity index (χ1) is 12.0. The lowest BCUT2D eigenvalue weighted by Crippen LogP contribution is -2.50. The molecule has 1 aromatic carbocycles. The van der Waals surface area contributed by atoms with E-state index in [2.05, 4.69) is 39.9 Å². The molecule has 0 saturated carbocycles. The summed E-state index contributed by atoms with van der Waals surface area (Å²) in [6.45, 7) is 11.6. The van der Waals surface area contributed by atoms with Crippen molar-refractivity contribution in [3.05, 3.63) is 35.6 Å². The molecular formula is C21H31FN2O2. The van der Waals surface area contributed by atoms with Crippen LogP contribution in [0, 0.1) is 17.2 Å². The molecule has 0 atom stereocenters. The standard InChI is InChI=1S/C21H31FN2O2/c1-20(2,3)14-21(4,5)23-18(25)15-9-11-24(12-10-15)19(26)16-7-6-8-17(22)13-16/h6-8,13,15H,9-12,14H2,1-5H3,(H,23,25). The number of piperidine rings is 1. The number of hydrogen-bond acceptors (Lipinski definition) is 2. The molecule has 1 aliphatic heterocycles. The third kappa shape index (κ3) is 5.82. The molecule has 1 aliphatic rings. The molecule has 2 amide bonds. The minimum atomic E-state index is -0.411. The Labute approximate surface area is 156 Å². The first kappa shape index (κ1) is 20.4. The number of hydrogen-bond donors (Lipinski definition) is 1. The number of carbonyl (C=O) groups excluding carboxylic acids is 2. The van der Waals surface area contributed by atoms with E-state index in [1.54, 1.807) is 17.0 Å². The third-order valence-corrected chi connectivity index (χ3v) is 4.66. The number of benzene rings is 1. The van der Waals surface area contributed by atoms with E-state index in [1.165, 1.54) is 12.1 Å². The second-order valence-electron chi connectivity index (χ2n) is 9.19. The number of nitrogens with zero attached hydrogens (tertiary/aromatic N) is 1. The van der Waals surface area contributed by atoms with Crippen molar-refractivity contribution >= 4 is 11.8 Å². The molecule has 4 nitrogen and oxygen atoms in total. The average molecular weight is 362 g/mol. The van der Waals surface area contributed by atoms with Crippen molar-refractivity contribution in [3.8, 4) is 0 Å². The van der Waals surface area contributed by atoms with Crippen molar-refractivity contribution in [2.45, 2.75) is 59.4 Å². The van der Waals surface area contributed by atoms with E-state index < -0.39 is 5.82 Å². The first-order valence-electron chi connectivity index (χ1n) is 9.34. The fourth-order valence-electron chi connectivity index (χ4n) is 3.95. The van der Waals surface area contributed by atoms with Crippen LogP contribution < -0.4 is 5.32 Å². The molecule has 0 radical (unpaired) electrons. The predicted octanol–water partition coefficient (Wildman–Crippen LogP) is 4.01. The van der Waals surface area contributed by atoms with Crippen LogP contribution in [0.3, 0.4) is 0 Å². The summed E-state index contributed by atoms with van der Waals surface area (Å²) in [6, 6.07) is 5.75. The van der Waals surface area contributed by atoms with Gasteiger partial charge in [0.05, 0.1) is 0 Å². The van der Waals surface area contributed by atoms with Gasteiger partial charge in [-0.25, -0.2) is 4.39 Å². The number of likely N-dealkylation sites (tertiary alicyclic amines) is 1. The summed E-state index contributed by atoms with van der Waals surface area (Å²) in [4.78, 5) is 26.8. The van der Waals surface area contributed by atoms with Crippen molar-refractivity contribution in [1.82, 2.24) is 10.2 Å². The lowest BCUT2D eigenvalue weighted by atomic mass is 9.81. The Bertz CT molecular complexity index is 656. The Morgan fingerprint density at radius 1 is 1.15 bits per heavy atom. The van der Waals surface area contributed by atoms with Gasteiger partial charge in [0, 0.05) is 30.1 Å². The maximum atomic E-state index is 13.3. The summed E-state index contributed by atoms with van der Waals surface area (Å²) in [5.74, 6) is -0.592. The zero-order valence-electron chi connectivity index (χ0n) is 16.6. The highest BCUT2D eigenvalue weighted by Crippen LogP contribution is 2.28. The smallest absolute Gasteiger partial charge is 0.253 e. The maximum Gasteiger partial charge on any atom is 0.253 e. The highest BCUT2D eigenvalue weighted by Gasteiger charge is 2.32. The fourth-order valence-corrected chi connectivity index (χ4v) is 3.95. The normalized spacial score (nSPS) is 16.5. The van der Waals surface area contributed by atoms with Crippen molar-refractivity contribution in [1.29, 1.82) is 0 Å². The molecule has 0 unspecified atom stereocenters. The zero-order chi connectivity index (χ0) is 19.5. The average Bonchev–Trinajstić information content (AvgIpc) is 2.51. The van der Waals surface area contributed by atoms with Crippen LogP contribution in [0.15, 0.2) is 24.3 Å². The van der Waals surface area contributed by atoms with Crippen molar-refractivity contribution in [2.24, 2.45) is 11.3 Å². The summed E-state index contributed by atoms with van der Waals surface area (Å²) in [5, 5.41) is 3.17. The Morgan fingerprint density at radius 3 is 2.31 bits per heavy atom. The van der Waals surface area contributed by atoms with Gasteiger partial charge in [0.15, 0.2) is 0 Å². The molecule has 1 N–H and O–H groups in total. The van der Waals surface area contributed by atoms with Crippen LogP contribution in [-0.2, 0) is 4.79 Å².